The predicted octanol–water partition coefficient (Wildman–Crippen LogP) is 5.49. The van der Waals surface area contributed by atoms with Crippen molar-refractivity contribution in [1.29, 1.82) is 0 Å². The number of fused-ring (bicyclic) bond motifs is 1. The number of methoxy groups -OCH3 is 1. The number of benzene rings is 2. The molecule has 0 amide bonds. The number of halogens is 1. The van der Waals surface area contributed by atoms with Gasteiger partial charge in [-0.3, -0.25) is 4.79 Å². The van der Waals surface area contributed by atoms with Crippen LogP contribution >= 0.6 is 15.9 Å². The summed E-state index contributed by atoms with van der Waals surface area (Å²) in [6.07, 6.45) is 4.17. The molecule has 1 heterocycles. The average molecular weight is 412 g/mol. The smallest absolute Gasteiger partial charge is 0.310 e. The van der Waals surface area contributed by atoms with Crippen molar-refractivity contribution < 1.29 is 14.3 Å². The van der Waals surface area contributed by atoms with E-state index in [0.29, 0.717) is 17.7 Å². The second-order valence-electron chi connectivity index (χ2n) is 5.61. The first-order valence-corrected chi connectivity index (χ1v) is 9.02. The molecule has 0 aliphatic carbocycles. The highest BCUT2D eigenvalue weighted by atomic mass is 79.9. The van der Waals surface area contributed by atoms with Crippen LogP contribution in [0.3, 0.4) is 0 Å². The van der Waals surface area contributed by atoms with Gasteiger partial charge in [0.05, 0.1) is 12.8 Å². The van der Waals surface area contributed by atoms with E-state index in [-0.39, 0.29) is 5.97 Å². The second-order valence-corrected chi connectivity index (χ2v) is 6.53. The number of carbonyl (C=O) groups is 1. The number of hydrogen-bond donors (Lipinski definition) is 0. The van der Waals surface area contributed by atoms with Gasteiger partial charge >= 0.3 is 5.97 Å². The van der Waals surface area contributed by atoms with Gasteiger partial charge < -0.3 is 9.47 Å². The summed E-state index contributed by atoms with van der Waals surface area (Å²) in [5, 5.41) is 0.920. The lowest BCUT2D eigenvalue weighted by molar-refractivity contribution is -0.133. The van der Waals surface area contributed by atoms with E-state index in [1.807, 2.05) is 54.6 Å². The molecule has 26 heavy (non-hydrogen) atoms. The molecule has 2 aromatic carbocycles. The fourth-order valence-electron chi connectivity index (χ4n) is 2.52. The van der Waals surface area contributed by atoms with Crippen LogP contribution in [0.15, 0.2) is 53.0 Å². The quantitative estimate of drug-likeness (QED) is 0.411. The minimum atomic E-state index is -0.279. The maximum absolute atomic E-state index is 11.6. The minimum absolute atomic E-state index is 0.279. The zero-order valence-corrected chi connectivity index (χ0v) is 16.1. The van der Waals surface area contributed by atoms with Crippen LogP contribution in [0, 0.1) is 0 Å². The molecule has 3 aromatic rings. The molecule has 3 rings (SSSR count). The van der Waals surface area contributed by atoms with Gasteiger partial charge in [0.1, 0.15) is 11.3 Å². The van der Waals surface area contributed by atoms with Crippen LogP contribution in [0.25, 0.3) is 23.1 Å². The highest BCUT2D eigenvalue weighted by Gasteiger charge is 2.08. The highest BCUT2D eigenvalue weighted by molar-refractivity contribution is 9.10. The lowest BCUT2D eigenvalue weighted by Gasteiger charge is -2.07. The number of carbonyl (C=O) groups excluding carboxylic acids is 1. The largest absolute Gasteiger partial charge is 0.496 e. The van der Waals surface area contributed by atoms with Gasteiger partial charge in [0.15, 0.2) is 5.75 Å². The van der Waals surface area contributed by atoms with E-state index in [9.17, 15) is 4.79 Å². The van der Waals surface area contributed by atoms with E-state index in [1.165, 1.54) is 0 Å². The van der Waals surface area contributed by atoms with Crippen molar-refractivity contribution in [3.63, 3.8) is 0 Å². The third-order valence-corrected chi connectivity index (χ3v) is 4.34. The van der Waals surface area contributed by atoms with Crippen LogP contribution in [0.1, 0.15) is 24.6 Å². The Kier molecular flexibility index (Phi) is 5.68. The van der Waals surface area contributed by atoms with Gasteiger partial charge in [-0.1, -0.05) is 41.1 Å². The fourth-order valence-corrected chi connectivity index (χ4v) is 2.89. The van der Waals surface area contributed by atoms with Crippen LogP contribution in [-0.2, 0) is 4.79 Å². The van der Waals surface area contributed by atoms with Crippen molar-refractivity contribution in [2.75, 3.05) is 7.11 Å². The Morgan fingerprint density at radius 3 is 2.73 bits per heavy atom. The first kappa shape index (κ1) is 18.1. The Morgan fingerprint density at radius 1 is 1.12 bits per heavy atom. The predicted molar refractivity (Wildman–Crippen MR) is 107 cm³/mol. The number of esters is 1. The fraction of sp³-hybridized carbons (Fsp3) is 0.143. The van der Waals surface area contributed by atoms with Crippen molar-refractivity contribution >= 4 is 45.0 Å². The van der Waals surface area contributed by atoms with Crippen molar-refractivity contribution in [2.24, 2.45) is 0 Å². The van der Waals surface area contributed by atoms with Crippen LogP contribution < -0.4 is 9.47 Å². The molecule has 0 aliphatic heterocycles. The molecule has 0 aliphatic rings. The third-order valence-electron chi connectivity index (χ3n) is 3.84. The van der Waals surface area contributed by atoms with Gasteiger partial charge in [0.25, 0.3) is 0 Å². The summed E-state index contributed by atoms with van der Waals surface area (Å²) in [5.74, 6) is 0.978. The molecule has 4 nitrogen and oxygen atoms in total. The number of aromatic nitrogens is 1. The molecule has 0 radical (unpaired) electrons. The summed E-state index contributed by atoms with van der Waals surface area (Å²) >= 11 is 3.47. The van der Waals surface area contributed by atoms with Crippen LogP contribution in [0.2, 0.25) is 0 Å². The number of rotatable bonds is 5. The first-order valence-electron chi connectivity index (χ1n) is 8.23. The summed E-state index contributed by atoms with van der Waals surface area (Å²) in [7, 11) is 1.64. The summed E-state index contributed by atoms with van der Waals surface area (Å²) < 4.78 is 11.7. The Hall–Kier alpha value is -2.66. The maximum atomic E-state index is 11.6. The first-order chi connectivity index (χ1) is 12.6. The SMILES string of the molecule is CCC(=O)Oc1cccc2ccc(/C=C/c3cc(Br)ccc3OC)nc12. The maximum Gasteiger partial charge on any atom is 0.310 e. The van der Waals surface area contributed by atoms with Gasteiger partial charge in [-0.15, -0.1) is 0 Å². The van der Waals surface area contributed by atoms with E-state index >= 15 is 0 Å². The third kappa shape index (κ3) is 4.11. The van der Waals surface area contributed by atoms with Gasteiger partial charge in [0, 0.05) is 21.8 Å². The van der Waals surface area contributed by atoms with Crippen molar-refractivity contribution in [3.05, 3.63) is 64.3 Å². The standard InChI is InChI=1S/C21H18BrNO3/c1-3-20(24)26-19-6-4-5-14-7-10-17(23-21(14)19)11-8-15-13-16(22)9-12-18(15)25-2/h4-13H,3H2,1-2H3/b11-8+. The molecule has 0 fully saturated rings. The molecule has 5 heteroatoms. The molecule has 0 atom stereocenters. The Balaban J connectivity index is 1.97. The van der Waals surface area contributed by atoms with E-state index in [0.717, 1.165) is 26.9 Å². The van der Waals surface area contributed by atoms with Crippen molar-refractivity contribution in [2.45, 2.75) is 13.3 Å². The number of hydrogen-bond acceptors (Lipinski definition) is 4. The minimum Gasteiger partial charge on any atom is -0.496 e. The summed E-state index contributed by atoms with van der Waals surface area (Å²) in [5.41, 5.74) is 2.37. The zero-order valence-electron chi connectivity index (χ0n) is 14.5. The zero-order chi connectivity index (χ0) is 18.5. The Labute approximate surface area is 160 Å². The van der Waals surface area contributed by atoms with Crippen molar-refractivity contribution in [3.8, 4) is 11.5 Å². The van der Waals surface area contributed by atoms with Gasteiger partial charge in [0.2, 0.25) is 0 Å². The average Bonchev–Trinajstić information content (AvgIpc) is 2.66. The summed E-state index contributed by atoms with van der Waals surface area (Å²) in [4.78, 5) is 16.3. The molecule has 1 aromatic heterocycles. The molecule has 132 valence electrons. The van der Waals surface area contributed by atoms with Crippen LogP contribution in [0.4, 0.5) is 0 Å². The summed E-state index contributed by atoms with van der Waals surface area (Å²) in [6.45, 7) is 1.76. The van der Waals surface area contributed by atoms with E-state index in [1.54, 1.807) is 20.1 Å². The summed E-state index contributed by atoms with van der Waals surface area (Å²) in [6, 6.07) is 15.2. The van der Waals surface area contributed by atoms with Crippen molar-refractivity contribution in [1.82, 2.24) is 4.98 Å². The topological polar surface area (TPSA) is 48.4 Å². The number of para-hydroxylation sites is 1. The monoisotopic (exact) mass is 411 g/mol. The number of nitrogens with zero attached hydrogens (tertiary/aromatic N) is 1. The molecule has 0 bridgehead atoms. The molecular weight excluding hydrogens is 394 g/mol. The molecule has 0 unspecified atom stereocenters. The lowest BCUT2D eigenvalue weighted by Crippen LogP contribution is -2.06. The molecular formula is C21H18BrNO3. The van der Waals surface area contributed by atoms with Gasteiger partial charge in [-0.05, 0) is 42.5 Å². The van der Waals surface area contributed by atoms with E-state index < -0.39 is 0 Å². The second kappa shape index (κ2) is 8.15. The molecule has 0 spiro atoms. The number of pyridine rings is 1. The lowest BCUT2D eigenvalue weighted by atomic mass is 10.1. The van der Waals surface area contributed by atoms with Gasteiger partial charge in [-0.2, -0.15) is 0 Å². The highest BCUT2D eigenvalue weighted by Crippen LogP contribution is 2.27. The van der Waals surface area contributed by atoms with Gasteiger partial charge in [-0.25, -0.2) is 4.98 Å². The normalized spacial score (nSPS) is 11.0. The molecule has 0 N–H and O–H groups in total. The van der Waals surface area contributed by atoms with Crippen LogP contribution in [0.5, 0.6) is 11.5 Å². The Bertz CT molecular complexity index is 982. The molecule has 0 saturated carbocycles. The van der Waals surface area contributed by atoms with Crippen LogP contribution in [-0.4, -0.2) is 18.1 Å². The Morgan fingerprint density at radius 2 is 1.96 bits per heavy atom. The molecule has 0 saturated heterocycles. The van der Waals surface area contributed by atoms with E-state index in [2.05, 4.69) is 20.9 Å². The van der Waals surface area contributed by atoms with E-state index in [4.69, 9.17) is 9.47 Å². The number of ether oxygens (including phenoxy) is 2.